The number of hydrogen-bond acceptors (Lipinski definition) is 4. The zero-order valence-electron chi connectivity index (χ0n) is 14.7. The highest BCUT2D eigenvalue weighted by atomic mass is 19.3. The minimum Gasteiger partial charge on any atom is -0.493 e. The summed E-state index contributed by atoms with van der Waals surface area (Å²) < 4.78 is 34.0. The lowest BCUT2D eigenvalue weighted by molar-refractivity contribution is -0.111. The van der Waals surface area contributed by atoms with Gasteiger partial charge in [0.25, 0.3) is 0 Å². The van der Waals surface area contributed by atoms with Crippen molar-refractivity contribution in [2.45, 2.75) is 6.61 Å². The minimum absolute atomic E-state index is 0.0647. The number of benzene rings is 2. The molecule has 0 bridgehead atoms. The molecule has 0 aliphatic carbocycles. The van der Waals surface area contributed by atoms with Gasteiger partial charge in [0.15, 0.2) is 11.5 Å². The second-order valence-corrected chi connectivity index (χ2v) is 5.55. The highest BCUT2D eigenvalue weighted by molar-refractivity contribution is 6.02. The Hall–Kier alpha value is -3.09. The van der Waals surface area contributed by atoms with Crippen LogP contribution in [0.25, 0.3) is 6.08 Å². The molecule has 0 fully saturated rings. The first-order chi connectivity index (χ1) is 12.4. The van der Waals surface area contributed by atoms with Gasteiger partial charge in [0.2, 0.25) is 5.91 Å². The first-order valence-electron chi connectivity index (χ1n) is 7.78. The molecule has 0 unspecified atom stereocenters. The molecule has 2 aromatic rings. The van der Waals surface area contributed by atoms with Crippen molar-refractivity contribution in [3.8, 4) is 11.5 Å². The third kappa shape index (κ3) is 5.47. The van der Waals surface area contributed by atoms with Crippen molar-refractivity contribution < 1.29 is 23.0 Å². The third-order valence-corrected chi connectivity index (χ3v) is 3.48. The average Bonchev–Trinajstić information content (AvgIpc) is 2.60. The van der Waals surface area contributed by atoms with Gasteiger partial charge in [-0.05, 0) is 48.0 Å². The lowest BCUT2D eigenvalue weighted by Gasteiger charge is -2.12. The van der Waals surface area contributed by atoms with Crippen LogP contribution in [0.1, 0.15) is 5.56 Å². The van der Waals surface area contributed by atoms with E-state index in [0.29, 0.717) is 11.3 Å². The van der Waals surface area contributed by atoms with E-state index in [1.165, 1.54) is 25.3 Å². The van der Waals surface area contributed by atoms with Gasteiger partial charge in [0, 0.05) is 31.5 Å². The van der Waals surface area contributed by atoms with E-state index >= 15 is 0 Å². The van der Waals surface area contributed by atoms with E-state index in [4.69, 9.17) is 4.74 Å². The van der Waals surface area contributed by atoms with Crippen molar-refractivity contribution in [1.29, 1.82) is 0 Å². The molecule has 7 heteroatoms. The number of alkyl halides is 2. The maximum atomic E-state index is 12.3. The van der Waals surface area contributed by atoms with Gasteiger partial charge in [-0.15, -0.1) is 0 Å². The van der Waals surface area contributed by atoms with Gasteiger partial charge in [-0.2, -0.15) is 8.78 Å². The van der Waals surface area contributed by atoms with Crippen LogP contribution < -0.4 is 19.7 Å². The Morgan fingerprint density at radius 2 is 1.81 bits per heavy atom. The number of amides is 1. The van der Waals surface area contributed by atoms with Crippen LogP contribution in [0.3, 0.4) is 0 Å². The van der Waals surface area contributed by atoms with Crippen molar-refractivity contribution in [3.05, 3.63) is 54.1 Å². The van der Waals surface area contributed by atoms with Crippen LogP contribution in [0.4, 0.5) is 20.2 Å². The second-order valence-electron chi connectivity index (χ2n) is 5.55. The molecular weight excluding hydrogens is 342 g/mol. The van der Waals surface area contributed by atoms with Crippen LogP contribution in [0.2, 0.25) is 0 Å². The molecule has 0 atom stereocenters. The van der Waals surface area contributed by atoms with Gasteiger partial charge < -0.3 is 19.7 Å². The maximum absolute atomic E-state index is 12.3. The first kappa shape index (κ1) is 19.2. The predicted octanol–water partition coefficient (Wildman–Crippen LogP) is 4.01. The first-order valence-corrected chi connectivity index (χ1v) is 7.78. The number of ether oxygens (including phenoxy) is 2. The van der Waals surface area contributed by atoms with E-state index < -0.39 is 6.61 Å². The summed E-state index contributed by atoms with van der Waals surface area (Å²) >= 11 is 0. The molecule has 0 aliphatic rings. The molecule has 0 saturated heterocycles. The van der Waals surface area contributed by atoms with Crippen molar-refractivity contribution >= 4 is 23.4 Å². The lowest BCUT2D eigenvalue weighted by atomic mass is 10.2. The number of carbonyl (C=O) groups is 1. The van der Waals surface area contributed by atoms with Crippen molar-refractivity contribution in [1.82, 2.24) is 0 Å². The highest BCUT2D eigenvalue weighted by Crippen LogP contribution is 2.29. The molecule has 0 aromatic heterocycles. The minimum atomic E-state index is -2.94. The molecule has 5 nitrogen and oxygen atoms in total. The van der Waals surface area contributed by atoms with Crippen molar-refractivity contribution in [2.75, 3.05) is 31.4 Å². The average molecular weight is 362 g/mol. The molecule has 2 rings (SSSR count). The number of carbonyl (C=O) groups excluding carboxylic acids is 1. The van der Waals surface area contributed by atoms with E-state index in [9.17, 15) is 13.6 Å². The van der Waals surface area contributed by atoms with E-state index in [1.54, 1.807) is 24.3 Å². The normalized spacial score (nSPS) is 10.8. The van der Waals surface area contributed by atoms with Gasteiger partial charge in [-0.25, -0.2) is 0 Å². The van der Waals surface area contributed by atoms with Gasteiger partial charge in [0.05, 0.1) is 7.11 Å². The summed E-state index contributed by atoms with van der Waals surface area (Å²) in [4.78, 5) is 14.0. The quantitative estimate of drug-likeness (QED) is 0.756. The SMILES string of the molecule is COc1cc(C=CC(=O)Nc2ccc(N(C)C)cc2)ccc1OC(F)F. The fourth-order valence-corrected chi connectivity index (χ4v) is 2.18. The highest BCUT2D eigenvalue weighted by Gasteiger charge is 2.10. The Balaban J connectivity index is 2.03. The molecule has 26 heavy (non-hydrogen) atoms. The van der Waals surface area contributed by atoms with Crippen LogP contribution in [0.15, 0.2) is 48.5 Å². The fraction of sp³-hybridized carbons (Fsp3) is 0.211. The van der Waals surface area contributed by atoms with Gasteiger partial charge in [-0.1, -0.05) is 6.07 Å². The summed E-state index contributed by atoms with van der Waals surface area (Å²) in [6, 6.07) is 11.8. The Kier molecular flexibility index (Phi) is 6.54. The zero-order chi connectivity index (χ0) is 19.1. The summed E-state index contributed by atoms with van der Waals surface area (Å²) in [6.07, 6.45) is 2.90. The number of halogens is 2. The number of nitrogens with zero attached hydrogens (tertiary/aromatic N) is 1. The second kappa shape index (κ2) is 8.84. The zero-order valence-corrected chi connectivity index (χ0v) is 14.7. The fourth-order valence-electron chi connectivity index (χ4n) is 2.18. The monoisotopic (exact) mass is 362 g/mol. The molecule has 0 radical (unpaired) electrons. The molecule has 138 valence electrons. The lowest BCUT2D eigenvalue weighted by Crippen LogP contribution is -2.10. The molecular formula is C19H20F2N2O3. The predicted molar refractivity (Wildman–Crippen MR) is 98.1 cm³/mol. The standard InChI is InChI=1S/C19H20F2N2O3/c1-23(2)15-8-6-14(7-9-15)22-18(24)11-5-13-4-10-16(26-19(20)21)17(12-13)25-3/h4-12,19H,1-3H3,(H,22,24). The Morgan fingerprint density at radius 1 is 1.12 bits per heavy atom. The molecule has 0 saturated carbocycles. The Labute approximate surface area is 150 Å². The summed E-state index contributed by atoms with van der Waals surface area (Å²) in [5, 5.41) is 2.75. The summed E-state index contributed by atoms with van der Waals surface area (Å²) in [5.41, 5.74) is 2.31. The molecule has 1 N–H and O–H groups in total. The van der Waals surface area contributed by atoms with Crippen LogP contribution in [0.5, 0.6) is 11.5 Å². The van der Waals surface area contributed by atoms with Crippen molar-refractivity contribution in [2.24, 2.45) is 0 Å². The molecule has 1 amide bonds. The van der Waals surface area contributed by atoms with Crippen LogP contribution in [0, 0.1) is 0 Å². The van der Waals surface area contributed by atoms with E-state index in [0.717, 1.165) is 5.69 Å². The number of nitrogens with one attached hydrogen (secondary N) is 1. The molecule has 0 spiro atoms. The number of anilines is 2. The summed E-state index contributed by atoms with van der Waals surface area (Å²) in [5.74, 6) is -0.216. The number of methoxy groups -OCH3 is 1. The number of rotatable bonds is 7. The smallest absolute Gasteiger partial charge is 0.387 e. The van der Waals surface area contributed by atoms with E-state index in [-0.39, 0.29) is 17.4 Å². The van der Waals surface area contributed by atoms with Crippen LogP contribution in [-0.4, -0.2) is 33.7 Å². The van der Waals surface area contributed by atoms with Gasteiger partial charge in [0.1, 0.15) is 0 Å². The van der Waals surface area contributed by atoms with E-state index in [2.05, 4.69) is 10.1 Å². The van der Waals surface area contributed by atoms with Crippen molar-refractivity contribution in [3.63, 3.8) is 0 Å². The maximum Gasteiger partial charge on any atom is 0.387 e. The summed E-state index contributed by atoms with van der Waals surface area (Å²) in [7, 11) is 5.22. The largest absolute Gasteiger partial charge is 0.493 e. The van der Waals surface area contributed by atoms with Gasteiger partial charge in [-0.3, -0.25) is 4.79 Å². The number of hydrogen-bond donors (Lipinski definition) is 1. The third-order valence-electron chi connectivity index (χ3n) is 3.48. The molecule has 0 aliphatic heterocycles. The molecule has 2 aromatic carbocycles. The Bertz CT molecular complexity index is 775. The topological polar surface area (TPSA) is 50.8 Å². The van der Waals surface area contributed by atoms with Gasteiger partial charge >= 0.3 is 6.61 Å². The summed E-state index contributed by atoms with van der Waals surface area (Å²) in [6.45, 7) is -2.94. The van der Waals surface area contributed by atoms with E-state index in [1.807, 2.05) is 31.1 Å². The Morgan fingerprint density at radius 3 is 2.38 bits per heavy atom. The molecule has 0 heterocycles. The van der Waals surface area contributed by atoms with Crippen LogP contribution >= 0.6 is 0 Å². The van der Waals surface area contributed by atoms with Crippen LogP contribution in [-0.2, 0) is 4.79 Å².